The third kappa shape index (κ3) is 19.8. The number of aliphatic hydroxyl groups excluding tert-OH is 9. The van der Waals surface area contributed by atoms with Crippen LogP contribution in [0, 0.1) is 5.92 Å². The van der Waals surface area contributed by atoms with Crippen LogP contribution >= 0.6 is 0 Å². The molecule has 6 aliphatic rings. The molecule has 2 bridgehead atoms. The number of fused-ring (bicyclic) bond motifs is 3. The van der Waals surface area contributed by atoms with Crippen molar-refractivity contribution in [1.82, 2.24) is 0 Å². The van der Waals surface area contributed by atoms with E-state index in [-0.39, 0.29) is 18.9 Å². The second kappa shape index (κ2) is 36.0. The molecule has 25 heteroatoms. The molecule has 6 saturated heterocycles. The number of ether oxygens (including phenoxy) is 13. The third-order valence-electron chi connectivity index (χ3n) is 17.7. The topological polar surface area (TPSA) is 353 Å². The van der Waals surface area contributed by atoms with Crippen LogP contribution in [-0.2, 0) is 76.0 Å². The minimum atomic E-state index is -2.02. The average molecular weight is 1240 g/mol. The van der Waals surface area contributed by atoms with Crippen molar-refractivity contribution < 1.29 is 122 Å². The minimum absolute atomic E-state index is 0.0431. The van der Waals surface area contributed by atoms with E-state index < -0.39 is 184 Å². The van der Waals surface area contributed by atoms with E-state index in [1.54, 1.807) is 20.8 Å². The summed E-state index contributed by atoms with van der Waals surface area (Å²) < 4.78 is 82.0. The van der Waals surface area contributed by atoms with Gasteiger partial charge in [0, 0.05) is 12.8 Å². The normalized spacial score (nSPS) is 42.0. The lowest BCUT2D eigenvalue weighted by molar-refractivity contribution is -0.400. The van der Waals surface area contributed by atoms with Crippen LogP contribution in [0.2, 0.25) is 0 Å². The highest BCUT2D eigenvalue weighted by molar-refractivity contribution is 5.72. The van der Waals surface area contributed by atoms with Crippen LogP contribution in [0.25, 0.3) is 0 Å². The molecule has 6 fully saturated rings. The van der Waals surface area contributed by atoms with Gasteiger partial charge < -0.3 is 108 Å². The first-order valence-electron chi connectivity index (χ1n) is 32.3. The van der Waals surface area contributed by atoms with Crippen LogP contribution in [0.15, 0.2) is 0 Å². The second-order valence-electron chi connectivity index (χ2n) is 24.6. The Morgan fingerprint density at radius 1 is 0.500 bits per heavy atom. The standard InChI is InChI=1S/C61H106O25/c1-9-12-14-15-17-21-26-30-40(64)81-55-54(86-58-46(70)43(67)42(66)38(31-62)79-58)51(83-57-47(71)45(69)49(34(6)75-57)82-56(73)32(4)11-3)36(8)77-61(55)84-50-35(7)76-59-48(72)52(50)80-39(63)29-25-22-19-16-18-20-24-28-37(27-23-13-10-2)78-60-53(85-59)44(68)41(65)33(5)74-60/h32-38,41-55,57-62,65-72H,9-31H2,1-8H3. The van der Waals surface area contributed by atoms with Gasteiger partial charge in [-0.05, 0) is 59.8 Å². The summed E-state index contributed by atoms with van der Waals surface area (Å²) in [7, 11) is 0. The predicted molar refractivity (Wildman–Crippen MR) is 303 cm³/mol. The van der Waals surface area contributed by atoms with Crippen molar-refractivity contribution in [2.45, 2.75) is 356 Å². The van der Waals surface area contributed by atoms with Crippen LogP contribution in [0.3, 0.4) is 0 Å². The summed E-state index contributed by atoms with van der Waals surface area (Å²) >= 11 is 0. The molecule has 6 aliphatic heterocycles. The van der Waals surface area contributed by atoms with Crippen molar-refractivity contribution >= 4 is 17.9 Å². The number of rotatable bonds is 23. The lowest BCUT2D eigenvalue weighted by Crippen LogP contribution is -2.68. The molecule has 25 nitrogen and oxygen atoms in total. The molecule has 0 amide bonds. The van der Waals surface area contributed by atoms with Crippen molar-refractivity contribution in [1.29, 1.82) is 0 Å². The Morgan fingerprint density at radius 3 is 1.76 bits per heavy atom. The summed E-state index contributed by atoms with van der Waals surface area (Å²) in [5, 5.41) is 102. The maximum Gasteiger partial charge on any atom is 0.309 e. The molecule has 27 unspecified atom stereocenters. The Bertz CT molecular complexity index is 1970. The number of carbonyl (C=O) groups excluding carboxylic acids is 3. The van der Waals surface area contributed by atoms with E-state index in [0.29, 0.717) is 38.5 Å². The van der Waals surface area contributed by atoms with E-state index in [0.717, 1.165) is 89.9 Å². The maximum atomic E-state index is 14.3. The van der Waals surface area contributed by atoms with Gasteiger partial charge in [0.25, 0.3) is 0 Å². The molecular weight excluding hydrogens is 1130 g/mol. The van der Waals surface area contributed by atoms with Gasteiger partial charge >= 0.3 is 17.9 Å². The Balaban J connectivity index is 1.37. The molecule has 6 rings (SSSR count). The molecule has 27 atom stereocenters. The number of hydrogen-bond donors (Lipinski definition) is 9. The van der Waals surface area contributed by atoms with E-state index in [1.165, 1.54) is 20.8 Å². The molecule has 0 spiro atoms. The number of hydrogen-bond acceptors (Lipinski definition) is 25. The fourth-order valence-corrected chi connectivity index (χ4v) is 12.0. The van der Waals surface area contributed by atoms with E-state index in [2.05, 4.69) is 13.8 Å². The third-order valence-corrected chi connectivity index (χ3v) is 17.7. The van der Waals surface area contributed by atoms with Gasteiger partial charge in [-0.15, -0.1) is 0 Å². The van der Waals surface area contributed by atoms with Crippen LogP contribution in [0.1, 0.15) is 197 Å². The number of esters is 3. The summed E-state index contributed by atoms with van der Waals surface area (Å²) in [6.45, 7) is 12.9. The van der Waals surface area contributed by atoms with Gasteiger partial charge in [0.15, 0.2) is 49.8 Å². The van der Waals surface area contributed by atoms with Gasteiger partial charge in [-0.3, -0.25) is 14.4 Å². The highest BCUT2D eigenvalue weighted by Crippen LogP contribution is 2.39. The Labute approximate surface area is 507 Å². The molecular formula is C61H106O25. The summed E-state index contributed by atoms with van der Waals surface area (Å²) in [6, 6.07) is 0. The zero-order valence-corrected chi connectivity index (χ0v) is 51.9. The molecule has 6 heterocycles. The van der Waals surface area contributed by atoms with Gasteiger partial charge in [0.1, 0.15) is 79.4 Å². The number of carbonyl (C=O) groups is 3. The Morgan fingerprint density at radius 2 is 1.07 bits per heavy atom. The monoisotopic (exact) mass is 1240 g/mol. The highest BCUT2D eigenvalue weighted by atomic mass is 16.8. The van der Waals surface area contributed by atoms with Gasteiger partial charge in [-0.25, -0.2) is 0 Å². The van der Waals surface area contributed by atoms with E-state index >= 15 is 0 Å². The molecule has 0 aliphatic carbocycles. The zero-order chi connectivity index (χ0) is 62.8. The second-order valence-corrected chi connectivity index (χ2v) is 24.6. The lowest BCUT2D eigenvalue weighted by Gasteiger charge is -2.51. The lowest BCUT2D eigenvalue weighted by atomic mass is 9.95. The maximum absolute atomic E-state index is 14.3. The fraction of sp³-hybridized carbons (Fsp3) is 0.951. The fourth-order valence-electron chi connectivity index (χ4n) is 12.0. The van der Waals surface area contributed by atoms with Crippen LogP contribution in [0.4, 0.5) is 0 Å². The van der Waals surface area contributed by atoms with Gasteiger partial charge in [-0.2, -0.15) is 0 Å². The summed E-state index contributed by atoms with van der Waals surface area (Å²) in [5.74, 6) is -2.66. The number of unbranched alkanes of at least 4 members (excludes halogenated alkanes) is 8. The first-order valence-corrected chi connectivity index (χ1v) is 32.3. The number of aliphatic hydroxyl groups is 9. The SMILES string of the molecule is CCCCCCCCCC(=O)OC1C(OC2C(C)OC3OC4C(OC(CCCCC)CCCCCCCCCC(=O)OC2C3O)OC(C)C(O)C4O)OC(C)C(OC2OC(C)C(OC(=O)C(C)CC)C(O)C2O)C1OC1OC(CO)C(O)C(O)C1O. The molecule has 0 saturated carbocycles. The molecule has 0 aromatic rings. The molecule has 9 N–H and O–H groups in total. The van der Waals surface area contributed by atoms with Crippen LogP contribution in [-0.4, -0.2) is 230 Å². The van der Waals surface area contributed by atoms with Crippen molar-refractivity contribution in [2.75, 3.05) is 6.61 Å². The average Bonchev–Trinajstić information content (AvgIpc) is 1.01. The quantitative estimate of drug-likeness (QED) is 0.0401. The molecule has 0 radical (unpaired) electrons. The van der Waals surface area contributed by atoms with Crippen LogP contribution in [0.5, 0.6) is 0 Å². The van der Waals surface area contributed by atoms with Crippen molar-refractivity contribution in [3.63, 3.8) is 0 Å². The van der Waals surface area contributed by atoms with Gasteiger partial charge in [0.05, 0.1) is 43.0 Å². The molecule has 0 aromatic heterocycles. The largest absolute Gasteiger partial charge is 0.457 e. The first-order chi connectivity index (χ1) is 41.1. The highest BCUT2D eigenvalue weighted by Gasteiger charge is 2.59. The van der Waals surface area contributed by atoms with Crippen molar-refractivity contribution in [3.8, 4) is 0 Å². The Kier molecular flexibility index (Phi) is 30.5. The van der Waals surface area contributed by atoms with Crippen molar-refractivity contribution in [2.24, 2.45) is 5.92 Å². The first kappa shape index (κ1) is 72.7. The summed E-state index contributed by atoms with van der Waals surface area (Å²) in [4.78, 5) is 41.2. The molecule has 0 aromatic carbocycles. The van der Waals surface area contributed by atoms with Crippen molar-refractivity contribution in [3.05, 3.63) is 0 Å². The molecule has 86 heavy (non-hydrogen) atoms. The van der Waals surface area contributed by atoms with Crippen LogP contribution < -0.4 is 0 Å². The smallest absolute Gasteiger partial charge is 0.309 e. The minimum Gasteiger partial charge on any atom is -0.457 e. The predicted octanol–water partition coefficient (Wildman–Crippen LogP) is 3.52. The summed E-state index contributed by atoms with van der Waals surface area (Å²) in [6.07, 6.45) is -23.6. The summed E-state index contributed by atoms with van der Waals surface area (Å²) in [5.41, 5.74) is 0. The Hall–Kier alpha value is -2.35. The molecule has 500 valence electrons. The zero-order valence-electron chi connectivity index (χ0n) is 51.9. The van der Waals surface area contributed by atoms with E-state index in [1.807, 2.05) is 0 Å². The van der Waals surface area contributed by atoms with E-state index in [4.69, 9.17) is 61.6 Å². The van der Waals surface area contributed by atoms with Gasteiger partial charge in [0.2, 0.25) is 0 Å². The van der Waals surface area contributed by atoms with E-state index in [9.17, 15) is 60.3 Å². The van der Waals surface area contributed by atoms with Gasteiger partial charge in [-0.1, -0.05) is 124 Å².